The summed E-state index contributed by atoms with van der Waals surface area (Å²) in [5.41, 5.74) is 0. The van der Waals surface area contributed by atoms with E-state index in [4.69, 9.17) is 9.05 Å². The Bertz CT molecular complexity index is 1220. The summed E-state index contributed by atoms with van der Waals surface area (Å²) in [5, 5.41) is 14.0. The molecule has 0 aliphatic carbocycles. The van der Waals surface area contributed by atoms with Crippen molar-refractivity contribution < 1.29 is 32.9 Å². The second-order valence-corrected chi connectivity index (χ2v) is 24.6. The maximum absolute atomic E-state index is 13.0. The molecule has 0 aliphatic rings. The molecule has 8 nitrogen and oxygen atoms in total. The lowest BCUT2D eigenvalue weighted by Gasteiger charge is -2.25. The number of likely N-dealkylation sites (N-methyl/N-ethyl adjacent to an activating group) is 1. The van der Waals surface area contributed by atoms with Gasteiger partial charge in [0.2, 0.25) is 5.91 Å². The number of phosphoric acid groups is 1. The summed E-state index contributed by atoms with van der Waals surface area (Å²) in [7, 11) is 1.57. The maximum atomic E-state index is 13.0. The first-order chi connectivity index (χ1) is 35.0. The smallest absolute Gasteiger partial charge is 0.387 e. The van der Waals surface area contributed by atoms with E-state index in [1.807, 2.05) is 27.2 Å². The average Bonchev–Trinajstić information content (AvgIpc) is 3.34. The van der Waals surface area contributed by atoms with Crippen LogP contribution in [0.5, 0.6) is 0 Å². The Kier molecular flexibility index (Phi) is 54.0. The normalized spacial score (nSPS) is 13.9. The molecule has 3 unspecified atom stereocenters. The summed E-state index contributed by atoms with van der Waals surface area (Å²) in [6.07, 6.45) is 70.2. The van der Waals surface area contributed by atoms with Gasteiger partial charge in [-0.2, -0.15) is 0 Å². The van der Waals surface area contributed by atoms with Gasteiger partial charge >= 0.3 is 7.82 Å². The Labute approximate surface area is 449 Å². The van der Waals surface area contributed by atoms with Gasteiger partial charge in [0.05, 0.1) is 39.9 Å². The molecule has 72 heavy (non-hydrogen) atoms. The number of nitrogens with zero attached hydrogens (tertiary/aromatic N) is 1. The van der Waals surface area contributed by atoms with E-state index in [1.54, 1.807) is 6.08 Å². The molecule has 0 heterocycles. The number of unbranched alkanes of at least 4 members (excludes halogenated alkanes) is 44. The van der Waals surface area contributed by atoms with Crippen LogP contribution in [0.15, 0.2) is 24.3 Å². The van der Waals surface area contributed by atoms with Crippen LogP contribution < -0.4 is 5.32 Å². The first-order valence-electron chi connectivity index (χ1n) is 31.7. The van der Waals surface area contributed by atoms with E-state index in [2.05, 4.69) is 31.3 Å². The Hall–Kier alpha value is -1.02. The summed E-state index contributed by atoms with van der Waals surface area (Å²) < 4.78 is 23.7. The monoisotopic (exact) mass is 1040 g/mol. The fourth-order valence-corrected chi connectivity index (χ4v) is 10.4. The van der Waals surface area contributed by atoms with Crippen LogP contribution in [0.3, 0.4) is 0 Å². The third-order valence-electron chi connectivity index (χ3n) is 14.7. The molecule has 0 saturated carbocycles. The molecule has 0 aromatic rings. The van der Waals surface area contributed by atoms with Gasteiger partial charge in [0, 0.05) is 6.42 Å². The summed E-state index contributed by atoms with van der Waals surface area (Å²) in [5.74, 6) is -0.179. The topological polar surface area (TPSA) is 105 Å². The number of rotatable bonds is 59. The molecule has 0 aliphatic heterocycles. The minimum Gasteiger partial charge on any atom is -0.387 e. The number of carbonyl (C=O) groups is 1. The molecule has 3 N–H and O–H groups in total. The largest absolute Gasteiger partial charge is 0.472 e. The van der Waals surface area contributed by atoms with Crippen LogP contribution in [-0.2, 0) is 18.4 Å². The molecule has 3 atom stereocenters. The lowest BCUT2D eigenvalue weighted by molar-refractivity contribution is -0.870. The van der Waals surface area contributed by atoms with Crippen molar-refractivity contribution in [2.24, 2.45) is 0 Å². The summed E-state index contributed by atoms with van der Waals surface area (Å²) in [4.78, 5) is 23.3. The SMILES string of the molecule is CCCCCCCCCCCCCCCCCCCCCCCC/C=C/CC/C=C/C(O)C(COP(=O)(O)OCC[N+](C)(C)C)NC(=O)CCCCCCCCCCCCCCCCCCCCCCCC. The number of quaternary nitrogens is 1. The fourth-order valence-electron chi connectivity index (χ4n) is 9.71. The van der Waals surface area contributed by atoms with Crippen molar-refractivity contribution in [1.29, 1.82) is 0 Å². The number of hydrogen-bond donors (Lipinski definition) is 3. The lowest BCUT2D eigenvalue weighted by atomic mass is 10.0. The van der Waals surface area contributed by atoms with Crippen molar-refractivity contribution in [1.82, 2.24) is 5.32 Å². The van der Waals surface area contributed by atoms with Gasteiger partial charge in [0.1, 0.15) is 13.2 Å². The van der Waals surface area contributed by atoms with Crippen molar-refractivity contribution >= 4 is 13.7 Å². The zero-order chi connectivity index (χ0) is 52.7. The molecule has 0 aromatic heterocycles. The van der Waals surface area contributed by atoms with Crippen LogP contribution in [0.2, 0.25) is 0 Å². The van der Waals surface area contributed by atoms with Crippen molar-refractivity contribution in [2.45, 2.75) is 334 Å². The highest BCUT2D eigenvalue weighted by molar-refractivity contribution is 7.47. The van der Waals surface area contributed by atoms with Crippen molar-refractivity contribution in [3.8, 4) is 0 Å². The average molecular weight is 1040 g/mol. The van der Waals surface area contributed by atoms with Crippen LogP contribution >= 0.6 is 7.82 Å². The van der Waals surface area contributed by atoms with Crippen LogP contribution in [0.25, 0.3) is 0 Å². The van der Waals surface area contributed by atoms with E-state index in [-0.39, 0.29) is 19.1 Å². The van der Waals surface area contributed by atoms with Gasteiger partial charge < -0.3 is 19.8 Å². The van der Waals surface area contributed by atoms with Crippen molar-refractivity contribution in [3.05, 3.63) is 24.3 Å². The molecule has 0 aromatic carbocycles. The highest BCUT2D eigenvalue weighted by Gasteiger charge is 2.27. The summed E-state index contributed by atoms with van der Waals surface area (Å²) in [6.45, 7) is 4.85. The van der Waals surface area contributed by atoms with Crippen molar-refractivity contribution in [2.75, 3.05) is 40.9 Å². The minimum absolute atomic E-state index is 0.0589. The Morgan fingerprint density at radius 3 is 1.11 bits per heavy atom. The Morgan fingerprint density at radius 1 is 0.458 bits per heavy atom. The molecular weight excluding hydrogens is 912 g/mol. The zero-order valence-corrected chi connectivity index (χ0v) is 49.8. The molecule has 0 spiro atoms. The van der Waals surface area contributed by atoms with E-state index in [1.165, 1.54) is 263 Å². The minimum atomic E-state index is -4.35. The van der Waals surface area contributed by atoms with Gasteiger partial charge in [-0.3, -0.25) is 13.8 Å². The van der Waals surface area contributed by atoms with Crippen LogP contribution in [0.4, 0.5) is 0 Å². The molecular formula is C63H126N2O6P+. The van der Waals surface area contributed by atoms with E-state index < -0.39 is 20.0 Å². The molecule has 0 radical (unpaired) electrons. The second kappa shape index (κ2) is 54.8. The lowest BCUT2D eigenvalue weighted by Crippen LogP contribution is -2.45. The predicted molar refractivity (Wildman–Crippen MR) is 314 cm³/mol. The molecule has 428 valence electrons. The summed E-state index contributed by atoms with van der Waals surface area (Å²) >= 11 is 0. The number of aliphatic hydroxyl groups excluding tert-OH is 1. The molecule has 0 saturated heterocycles. The molecule has 0 fully saturated rings. The number of hydrogen-bond acceptors (Lipinski definition) is 5. The van der Waals surface area contributed by atoms with E-state index in [0.29, 0.717) is 17.4 Å². The number of aliphatic hydroxyl groups is 1. The predicted octanol–water partition coefficient (Wildman–Crippen LogP) is 19.5. The zero-order valence-electron chi connectivity index (χ0n) is 48.9. The van der Waals surface area contributed by atoms with E-state index in [9.17, 15) is 19.4 Å². The van der Waals surface area contributed by atoms with Gasteiger partial charge in [-0.05, 0) is 32.1 Å². The van der Waals surface area contributed by atoms with E-state index >= 15 is 0 Å². The van der Waals surface area contributed by atoms with Gasteiger partial charge in [0.15, 0.2) is 0 Å². The quantitative estimate of drug-likeness (QED) is 0.0243. The number of phosphoric ester groups is 1. The van der Waals surface area contributed by atoms with Crippen molar-refractivity contribution in [3.63, 3.8) is 0 Å². The van der Waals surface area contributed by atoms with Gasteiger partial charge in [0.25, 0.3) is 0 Å². The standard InChI is InChI=1S/C63H125N2O6P/c1-6-8-10-12-14-16-18-20-22-24-26-28-30-31-32-33-34-35-36-38-40-42-44-46-48-50-52-54-56-62(66)61(60-71-72(68,69)70-59-58-65(3,4)5)64-63(67)57-55-53-51-49-47-45-43-41-39-37-29-27-25-23-21-19-17-15-13-11-9-7-2/h46,48,54,56,61-62,66H,6-45,47,49-53,55,57-60H2,1-5H3,(H-,64,67,68,69)/p+1/b48-46+,56-54+. The maximum Gasteiger partial charge on any atom is 0.472 e. The third kappa shape index (κ3) is 56.7. The van der Waals surface area contributed by atoms with E-state index in [0.717, 1.165) is 38.5 Å². The van der Waals surface area contributed by atoms with Crippen LogP contribution in [0, 0.1) is 0 Å². The second-order valence-electron chi connectivity index (χ2n) is 23.1. The first-order valence-corrected chi connectivity index (χ1v) is 33.2. The third-order valence-corrected chi connectivity index (χ3v) is 15.7. The molecule has 0 bridgehead atoms. The van der Waals surface area contributed by atoms with Crippen LogP contribution in [-0.4, -0.2) is 73.4 Å². The number of amides is 1. The highest BCUT2D eigenvalue weighted by atomic mass is 31.2. The molecule has 1 amide bonds. The Morgan fingerprint density at radius 2 is 0.764 bits per heavy atom. The first kappa shape index (κ1) is 71.0. The molecule has 9 heteroatoms. The summed E-state index contributed by atoms with van der Waals surface area (Å²) in [6, 6.07) is -0.861. The van der Waals surface area contributed by atoms with Crippen LogP contribution in [0.1, 0.15) is 322 Å². The fraction of sp³-hybridized carbons (Fsp3) is 0.921. The van der Waals surface area contributed by atoms with Gasteiger partial charge in [-0.1, -0.05) is 308 Å². The number of carbonyl (C=O) groups excluding carboxylic acids is 1. The van der Waals surface area contributed by atoms with Gasteiger partial charge in [-0.15, -0.1) is 0 Å². The van der Waals surface area contributed by atoms with Gasteiger partial charge in [-0.25, -0.2) is 4.57 Å². The molecule has 0 rings (SSSR count). The number of nitrogens with one attached hydrogen (secondary N) is 1. The number of allylic oxidation sites excluding steroid dienone is 3. The Balaban J connectivity index is 4.15. The highest BCUT2D eigenvalue weighted by Crippen LogP contribution is 2.43.